The number of rotatable bonds is 5. The van der Waals surface area contributed by atoms with Crippen LogP contribution in [0.25, 0.3) is 16.6 Å². The lowest BCUT2D eigenvalue weighted by molar-refractivity contribution is -0.124. The van der Waals surface area contributed by atoms with Crippen molar-refractivity contribution in [2.45, 2.75) is 46.2 Å². The molecular weight excluding hydrogens is 354 g/mol. The molecule has 0 spiro atoms. The Balaban J connectivity index is 2.38. The minimum atomic E-state index is -0.712. The van der Waals surface area contributed by atoms with Crippen molar-refractivity contribution < 1.29 is 4.79 Å². The van der Waals surface area contributed by atoms with Crippen molar-refractivity contribution in [2.75, 3.05) is 0 Å². The molecule has 0 fully saturated rings. The van der Waals surface area contributed by atoms with E-state index in [0.29, 0.717) is 23.0 Å². The van der Waals surface area contributed by atoms with Crippen LogP contribution < -0.4 is 16.6 Å². The molecule has 28 heavy (non-hydrogen) atoms. The van der Waals surface area contributed by atoms with E-state index < -0.39 is 11.7 Å². The topological polar surface area (TPSA) is 73.1 Å². The first-order valence-corrected chi connectivity index (χ1v) is 9.48. The molecule has 0 aliphatic carbocycles. The highest BCUT2D eigenvalue weighted by Crippen LogP contribution is 2.18. The average Bonchev–Trinajstić information content (AvgIpc) is 2.64. The van der Waals surface area contributed by atoms with Crippen LogP contribution in [0.15, 0.2) is 58.1 Å². The van der Waals surface area contributed by atoms with Crippen molar-refractivity contribution in [3.05, 3.63) is 74.9 Å². The fraction of sp³-hybridized carbons (Fsp3) is 0.318. The number of benzene rings is 2. The van der Waals surface area contributed by atoms with Gasteiger partial charge in [-0.2, -0.15) is 0 Å². The molecule has 1 N–H and O–H groups in total. The Morgan fingerprint density at radius 3 is 2.43 bits per heavy atom. The van der Waals surface area contributed by atoms with Crippen molar-refractivity contribution in [2.24, 2.45) is 0 Å². The Labute approximate surface area is 163 Å². The van der Waals surface area contributed by atoms with Crippen LogP contribution in [0.2, 0.25) is 0 Å². The molecule has 3 aromatic rings. The third-order valence-electron chi connectivity index (χ3n) is 4.69. The molecule has 2 aromatic carbocycles. The van der Waals surface area contributed by atoms with Crippen LogP contribution in [0.5, 0.6) is 0 Å². The summed E-state index contributed by atoms with van der Waals surface area (Å²) < 4.78 is 2.59. The van der Waals surface area contributed by atoms with Crippen LogP contribution in [0.1, 0.15) is 38.8 Å². The zero-order valence-corrected chi connectivity index (χ0v) is 16.6. The molecule has 0 bridgehead atoms. The van der Waals surface area contributed by atoms with Crippen molar-refractivity contribution in [1.82, 2.24) is 14.5 Å². The molecule has 1 aromatic heterocycles. The number of carbonyl (C=O) groups is 1. The molecule has 1 unspecified atom stereocenters. The third-order valence-corrected chi connectivity index (χ3v) is 4.69. The first-order chi connectivity index (χ1) is 13.3. The molecule has 0 saturated carbocycles. The molecule has 6 heteroatoms. The summed E-state index contributed by atoms with van der Waals surface area (Å²) in [5, 5.41) is 3.28. The van der Waals surface area contributed by atoms with E-state index >= 15 is 0 Å². The van der Waals surface area contributed by atoms with Gasteiger partial charge in [-0.15, -0.1) is 0 Å². The summed E-state index contributed by atoms with van der Waals surface area (Å²) in [6.45, 7) is 7.51. The minimum absolute atomic E-state index is 0.0498. The van der Waals surface area contributed by atoms with Gasteiger partial charge in [-0.1, -0.05) is 31.2 Å². The number of aromatic nitrogens is 2. The Hall–Kier alpha value is -3.15. The number of para-hydroxylation sites is 1. The quantitative estimate of drug-likeness (QED) is 0.741. The highest BCUT2D eigenvalue weighted by atomic mass is 16.2. The van der Waals surface area contributed by atoms with Gasteiger partial charge < -0.3 is 5.32 Å². The fourth-order valence-corrected chi connectivity index (χ4v) is 3.44. The van der Waals surface area contributed by atoms with Crippen LogP contribution in [0.3, 0.4) is 0 Å². The maximum absolute atomic E-state index is 13.5. The van der Waals surface area contributed by atoms with E-state index in [2.05, 4.69) is 5.32 Å². The standard InChI is InChI=1S/C22H25N3O3/c1-5-18(20(26)23-14(2)3)25-19-12-7-6-11-17(19)21(27)24(22(25)28)16-10-8-9-15(4)13-16/h6-14,18H,5H2,1-4H3,(H,23,26). The Morgan fingerprint density at radius 1 is 1.07 bits per heavy atom. The zero-order valence-electron chi connectivity index (χ0n) is 16.6. The summed E-state index contributed by atoms with van der Waals surface area (Å²) >= 11 is 0. The largest absolute Gasteiger partial charge is 0.352 e. The number of nitrogens with zero attached hydrogens (tertiary/aromatic N) is 2. The number of nitrogens with one attached hydrogen (secondary N) is 1. The molecule has 0 aliphatic heterocycles. The molecular formula is C22H25N3O3. The third kappa shape index (κ3) is 3.50. The van der Waals surface area contributed by atoms with Crippen LogP contribution in [0.4, 0.5) is 0 Å². The van der Waals surface area contributed by atoms with E-state index in [9.17, 15) is 14.4 Å². The van der Waals surface area contributed by atoms with Crippen LogP contribution in [-0.2, 0) is 4.79 Å². The van der Waals surface area contributed by atoms with Gasteiger partial charge in [0.2, 0.25) is 5.91 Å². The SMILES string of the molecule is CCC(C(=O)NC(C)C)n1c(=O)n(-c2cccc(C)c2)c(=O)c2ccccc21. The zero-order chi connectivity index (χ0) is 20.4. The van der Waals surface area contributed by atoms with E-state index in [-0.39, 0.29) is 17.5 Å². The van der Waals surface area contributed by atoms with Crippen molar-refractivity contribution >= 4 is 16.8 Å². The van der Waals surface area contributed by atoms with E-state index in [1.807, 2.05) is 33.8 Å². The molecule has 0 saturated heterocycles. The first-order valence-electron chi connectivity index (χ1n) is 9.48. The Bertz CT molecular complexity index is 1140. The smallest absolute Gasteiger partial charge is 0.336 e. The summed E-state index contributed by atoms with van der Waals surface area (Å²) in [6.07, 6.45) is 0.425. The fourth-order valence-electron chi connectivity index (χ4n) is 3.44. The van der Waals surface area contributed by atoms with Crippen LogP contribution in [-0.4, -0.2) is 21.1 Å². The summed E-state index contributed by atoms with van der Waals surface area (Å²) in [4.78, 5) is 39.4. The van der Waals surface area contributed by atoms with Gasteiger partial charge in [-0.3, -0.25) is 14.2 Å². The predicted molar refractivity (Wildman–Crippen MR) is 111 cm³/mol. The lowest BCUT2D eigenvalue weighted by atomic mass is 10.1. The van der Waals surface area contributed by atoms with Gasteiger partial charge in [0.1, 0.15) is 6.04 Å². The maximum atomic E-state index is 13.5. The highest BCUT2D eigenvalue weighted by Gasteiger charge is 2.25. The lowest BCUT2D eigenvalue weighted by Gasteiger charge is -2.22. The molecule has 0 aliphatic rings. The second kappa shape index (κ2) is 7.84. The summed E-state index contributed by atoms with van der Waals surface area (Å²) in [7, 11) is 0. The molecule has 3 rings (SSSR count). The van der Waals surface area contributed by atoms with Crippen LogP contribution >= 0.6 is 0 Å². The van der Waals surface area contributed by atoms with E-state index in [1.54, 1.807) is 42.5 Å². The molecule has 0 radical (unpaired) electrons. The van der Waals surface area contributed by atoms with E-state index in [1.165, 1.54) is 4.57 Å². The summed E-state index contributed by atoms with van der Waals surface area (Å²) in [6, 6.07) is 13.4. The molecule has 1 heterocycles. The molecule has 1 atom stereocenters. The highest BCUT2D eigenvalue weighted by molar-refractivity contribution is 5.84. The molecule has 1 amide bonds. The Kier molecular flexibility index (Phi) is 5.49. The van der Waals surface area contributed by atoms with Gasteiger partial charge in [-0.05, 0) is 57.0 Å². The Morgan fingerprint density at radius 2 is 1.79 bits per heavy atom. The number of aryl methyl sites for hydroxylation is 1. The minimum Gasteiger partial charge on any atom is -0.352 e. The summed E-state index contributed by atoms with van der Waals surface area (Å²) in [5.74, 6) is -0.237. The summed E-state index contributed by atoms with van der Waals surface area (Å²) in [5.41, 5.74) is 0.996. The van der Waals surface area contributed by atoms with Gasteiger partial charge in [0.15, 0.2) is 0 Å². The monoisotopic (exact) mass is 379 g/mol. The van der Waals surface area contributed by atoms with Gasteiger partial charge in [0, 0.05) is 6.04 Å². The predicted octanol–water partition coefficient (Wildman–Crippen LogP) is 2.94. The van der Waals surface area contributed by atoms with Crippen LogP contribution in [0, 0.1) is 6.92 Å². The number of hydrogen-bond acceptors (Lipinski definition) is 3. The number of hydrogen-bond donors (Lipinski definition) is 1. The van der Waals surface area contributed by atoms with Crippen molar-refractivity contribution in [1.29, 1.82) is 0 Å². The first kappa shape index (κ1) is 19.6. The molecule has 146 valence electrons. The van der Waals surface area contributed by atoms with E-state index in [4.69, 9.17) is 0 Å². The second-order valence-electron chi connectivity index (χ2n) is 7.24. The number of amides is 1. The number of carbonyl (C=O) groups excluding carboxylic acids is 1. The van der Waals surface area contributed by atoms with E-state index in [0.717, 1.165) is 10.1 Å². The van der Waals surface area contributed by atoms with Gasteiger partial charge >= 0.3 is 5.69 Å². The van der Waals surface area contributed by atoms with Gasteiger partial charge in [-0.25, -0.2) is 9.36 Å². The van der Waals surface area contributed by atoms with Gasteiger partial charge in [0.05, 0.1) is 16.6 Å². The second-order valence-corrected chi connectivity index (χ2v) is 7.24. The average molecular weight is 379 g/mol. The van der Waals surface area contributed by atoms with Crippen molar-refractivity contribution in [3.8, 4) is 5.69 Å². The normalized spacial score (nSPS) is 12.3. The van der Waals surface area contributed by atoms with Crippen molar-refractivity contribution in [3.63, 3.8) is 0 Å². The lowest BCUT2D eigenvalue weighted by Crippen LogP contribution is -2.45. The van der Waals surface area contributed by atoms with Gasteiger partial charge in [0.25, 0.3) is 5.56 Å². The molecule has 6 nitrogen and oxygen atoms in total. The number of fused-ring (bicyclic) bond motifs is 1. The maximum Gasteiger partial charge on any atom is 0.336 e.